The van der Waals surface area contributed by atoms with E-state index in [4.69, 9.17) is 27.7 Å². The van der Waals surface area contributed by atoms with E-state index in [0.717, 1.165) is 31.0 Å². The van der Waals surface area contributed by atoms with E-state index in [1.807, 2.05) is 19.1 Å². The third kappa shape index (κ3) is 3.98. The Morgan fingerprint density at radius 3 is 2.83 bits per heavy atom. The summed E-state index contributed by atoms with van der Waals surface area (Å²) in [5.41, 5.74) is 1.000. The van der Waals surface area contributed by atoms with Crippen molar-refractivity contribution < 1.29 is 4.52 Å². The summed E-state index contributed by atoms with van der Waals surface area (Å²) in [5.74, 6) is 1.28. The number of halogens is 3. The number of piperazine rings is 1. The first-order valence-corrected chi connectivity index (χ1v) is 8.01. The third-order valence-corrected chi connectivity index (χ3v) is 4.82. The number of benzene rings is 1. The SMILES string of the molecule is CC(c1ccc(Cl)c(Cl)c1)c1nc(C2CNCCN2C)no1.Cl. The largest absolute Gasteiger partial charge is 0.339 e. The summed E-state index contributed by atoms with van der Waals surface area (Å²) < 4.78 is 5.46. The molecule has 23 heavy (non-hydrogen) atoms. The van der Waals surface area contributed by atoms with Gasteiger partial charge in [0.1, 0.15) is 0 Å². The molecule has 2 atom stereocenters. The molecule has 2 aromatic rings. The third-order valence-electron chi connectivity index (χ3n) is 4.08. The number of nitrogens with zero attached hydrogens (tertiary/aromatic N) is 3. The quantitative estimate of drug-likeness (QED) is 0.887. The van der Waals surface area contributed by atoms with E-state index >= 15 is 0 Å². The Morgan fingerprint density at radius 1 is 1.35 bits per heavy atom. The average Bonchev–Trinajstić information content (AvgIpc) is 2.99. The van der Waals surface area contributed by atoms with E-state index in [0.29, 0.717) is 15.9 Å². The van der Waals surface area contributed by atoms with Gasteiger partial charge in [-0.2, -0.15) is 4.98 Å². The van der Waals surface area contributed by atoms with Gasteiger partial charge >= 0.3 is 0 Å². The molecule has 3 rings (SSSR count). The van der Waals surface area contributed by atoms with Gasteiger partial charge in [-0.25, -0.2) is 0 Å². The summed E-state index contributed by atoms with van der Waals surface area (Å²) in [6.45, 7) is 4.80. The number of rotatable bonds is 3. The van der Waals surface area contributed by atoms with Crippen LogP contribution in [0.4, 0.5) is 0 Å². The van der Waals surface area contributed by atoms with Crippen LogP contribution in [0.1, 0.15) is 36.2 Å². The molecule has 1 aliphatic heterocycles. The fraction of sp³-hybridized carbons (Fsp3) is 0.467. The van der Waals surface area contributed by atoms with Gasteiger partial charge in [-0.3, -0.25) is 4.90 Å². The van der Waals surface area contributed by atoms with E-state index in [9.17, 15) is 0 Å². The van der Waals surface area contributed by atoms with E-state index in [-0.39, 0.29) is 24.4 Å². The Hall–Kier alpha value is -0.850. The maximum atomic E-state index is 6.08. The number of hydrogen-bond acceptors (Lipinski definition) is 5. The predicted octanol–water partition coefficient (Wildman–Crippen LogP) is 3.53. The lowest BCUT2D eigenvalue weighted by Gasteiger charge is -2.30. The Kier molecular flexibility index (Phi) is 6.28. The van der Waals surface area contributed by atoms with Gasteiger partial charge in [0.2, 0.25) is 5.89 Å². The summed E-state index contributed by atoms with van der Waals surface area (Å²) >= 11 is 12.0. The molecule has 5 nitrogen and oxygen atoms in total. The molecule has 0 amide bonds. The van der Waals surface area contributed by atoms with Gasteiger partial charge in [0.05, 0.1) is 22.0 Å². The molecule has 0 aliphatic carbocycles. The number of nitrogens with one attached hydrogen (secondary N) is 1. The fourth-order valence-electron chi connectivity index (χ4n) is 2.58. The molecule has 1 fully saturated rings. The molecule has 126 valence electrons. The predicted molar refractivity (Wildman–Crippen MR) is 93.8 cm³/mol. The summed E-state index contributed by atoms with van der Waals surface area (Å²) in [7, 11) is 2.07. The van der Waals surface area contributed by atoms with Gasteiger partial charge in [0.15, 0.2) is 5.82 Å². The molecular weight excluding hydrogens is 359 g/mol. The molecule has 0 spiro atoms. The van der Waals surface area contributed by atoms with E-state index in [1.165, 1.54) is 0 Å². The fourth-order valence-corrected chi connectivity index (χ4v) is 2.88. The Balaban J connectivity index is 0.00000192. The van der Waals surface area contributed by atoms with Crippen LogP contribution in [0, 0.1) is 0 Å². The number of likely N-dealkylation sites (N-methyl/N-ethyl adjacent to an activating group) is 1. The Bertz CT molecular complexity index is 664. The van der Waals surface area contributed by atoms with Crippen molar-refractivity contribution in [1.29, 1.82) is 0 Å². The minimum atomic E-state index is -0.0297. The van der Waals surface area contributed by atoms with Crippen LogP contribution in [0.5, 0.6) is 0 Å². The minimum absolute atomic E-state index is 0. The second-order valence-corrected chi connectivity index (χ2v) is 6.40. The monoisotopic (exact) mass is 376 g/mol. The zero-order chi connectivity index (χ0) is 15.7. The van der Waals surface area contributed by atoms with Crippen molar-refractivity contribution in [2.75, 3.05) is 26.7 Å². The van der Waals surface area contributed by atoms with Crippen LogP contribution in [0.25, 0.3) is 0 Å². The van der Waals surface area contributed by atoms with Crippen LogP contribution >= 0.6 is 35.6 Å². The normalized spacial score (nSPS) is 20.1. The molecule has 1 aromatic carbocycles. The van der Waals surface area contributed by atoms with Crippen LogP contribution in [0.2, 0.25) is 10.0 Å². The zero-order valence-corrected chi connectivity index (χ0v) is 15.3. The van der Waals surface area contributed by atoms with E-state index in [1.54, 1.807) is 6.07 Å². The molecule has 2 unspecified atom stereocenters. The molecule has 1 aliphatic rings. The maximum absolute atomic E-state index is 6.08. The van der Waals surface area contributed by atoms with Crippen LogP contribution in [-0.2, 0) is 0 Å². The summed E-state index contributed by atoms with van der Waals surface area (Å²) in [6.07, 6.45) is 0. The van der Waals surface area contributed by atoms with Gasteiger partial charge in [-0.05, 0) is 31.7 Å². The Morgan fingerprint density at radius 2 is 2.13 bits per heavy atom. The summed E-state index contributed by atoms with van der Waals surface area (Å²) in [6, 6.07) is 5.70. The molecule has 0 bridgehead atoms. The van der Waals surface area contributed by atoms with Crippen molar-refractivity contribution in [2.24, 2.45) is 0 Å². The summed E-state index contributed by atoms with van der Waals surface area (Å²) in [4.78, 5) is 6.81. The Labute approximate surface area is 151 Å². The van der Waals surface area contributed by atoms with Crippen molar-refractivity contribution in [2.45, 2.75) is 18.9 Å². The minimum Gasteiger partial charge on any atom is -0.339 e. The molecule has 1 N–H and O–H groups in total. The molecule has 0 saturated carbocycles. The van der Waals surface area contributed by atoms with E-state index in [2.05, 4.69) is 27.4 Å². The first-order chi connectivity index (χ1) is 10.6. The molecular formula is C15H19Cl3N4O. The van der Waals surface area contributed by atoms with Gasteiger partial charge in [-0.15, -0.1) is 12.4 Å². The highest BCUT2D eigenvalue weighted by Gasteiger charge is 2.26. The lowest BCUT2D eigenvalue weighted by atomic mass is 10.0. The zero-order valence-electron chi connectivity index (χ0n) is 12.9. The van der Waals surface area contributed by atoms with Crippen molar-refractivity contribution in [1.82, 2.24) is 20.4 Å². The van der Waals surface area contributed by atoms with Crippen molar-refractivity contribution >= 4 is 35.6 Å². The van der Waals surface area contributed by atoms with Crippen LogP contribution in [-0.4, -0.2) is 41.7 Å². The second-order valence-electron chi connectivity index (χ2n) is 5.59. The summed E-state index contributed by atoms with van der Waals surface area (Å²) in [5, 5.41) is 8.57. The highest BCUT2D eigenvalue weighted by molar-refractivity contribution is 6.42. The lowest BCUT2D eigenvalue weighted by Crippen LogP contribution is -2.44. The van der Waals surface area contributed by atoms with Gasteiger partial charge in [-0.1, -0.05) is 34.4 Å². The highest BCUT2D eigenvalue weighted by atomic mass is 35.5. The van der Waals surface area contributed by atoms with Crippen molar-refractivity contribution in [3.63, 3.8) is 0 Å². The first-order valence-electron chi connectivity index (χ1n) is 7.25. The second kappa shape index (κ2) is 7.81. The lowest BCUT2D eigenvalue weighted by molar-refractivity contribution is 0.190. The topological polar surface area (TPSA) is 54.2 Å². The van der Waals surface area contributed by atoms with Crippen LogP contribution in [0.15, 0.2) is 22.7 Å². The molecule has 1 saturated heterocycles. The van der Waals surface area contributed by atoms with Gasteiger partial charge < -0.3 is 9.84 Å². The number of aromatic nitrogens is 2. The highest BCUT2D eigenvalue weighted by Crippen LogP contribution is 2.30. The molecule has 0 radical (unpaired) electrons. The molecule has 8 heteroatoms. The smallest absolute Gasteiger partial charge is 0.233 e. The van der Waals surface area contributed by atoms with Crippen LogP contribution in [0.3, 0.4) is 0 Å². The van der Waals surface area contributed by atoms with Gasteiger partial charge in [0, 0.05) is 19.6 Å². The molecule has 1 aromatic heterocycles. The van der Waals surface area contributed by atoms with Gasteiger partial charge in [0.25, 0.3) is 0 Å². The first kappa shape index (κ1) is 18.5. The standard InChI is InChI=1S/C15H18Cl2N4O.ClH/c1-9(10-3-4-11(16)12(17)7-10)15-19-14(20-22-15)13-8-18-5-6-21(13)2;/h3-4,7,9,13,18H,5-6,8H2,1-2H3;1H. The number of hydrogen-bond donors (Lipinski definition) is 1. The van der Waals surface area contributed by atoms with Crippen LogP contribution < -0.4 is 5.32 Å². The van der Waals surface area contributed by atoms with Crippen molar-refractivity contribution in [3.8, 4) is 0 Å². The average molecular weight is 378 g/mol. The molecule has 2 heterocycles. The van der Waals surface area contributed by atoms with Crippen molar-refractivity contribution in [3.05, 3.63) is 45.5 Å². The van der Waals surface area contributed by atoms with E-state index < -0.39 is 0 Å². The maximum Gasteiger partial charge on any atom is 0.233 e.